The van der Waals surface area contributed by atoms with E-state index in [1.165, 1.54) is 7.11 Å². The fourth-order valence-corrected chi connectivity index (χ4v) is 4.51. The molecule has 2 aromatic carbocycles. The molecule has 0 aliphatic carbocycles. The number of aromatic nitrogens is 1. The predicted octanol–water partition coefficient (Wildman–Crippen LogP) is 5.12. The van der Waals surface area contributed by atoms with Gasteiger partial charge in [-0.25, -0.2) is 0 Å². The SMILES string of the molecule is COc1ccc(-c2cnoc2-c2cc(C)c(C)c(OC)c2)cc1S[PH](=O)O. The van der Waals surface area contributed by atoms with E-state index >= 15 is 0 Å². The molecule has 3 rings (SSSR count). The lowest BCUT2D eigenvalue weighted by Gasteiger charge is -2.11. The molecule has 1 unspecified atom stereocenters. The van der Waals surface area contributed by atoms with E-state index in [1.54, 1.807) is 25.4 Å². The van der Waals surface area contributed by atoms with Crippen molar-refractivity contribution in [3.8, 4) is 33.9 Å². The molecule has 0 saturated heterocycles. The van der Waals surface area contributed by atoms with Gasteiger partial charge in [-0.1, -0.05) is 11.2 Å². The normalized spacial score (nSPS) is 12.0. The Morgan fingerprint density at radius 1 is 1.07 bits per heavy atom. The minimum atomic E-state index is -2.75. The van der Waals surface area contributed by atoms with Crippen LogP contribution in [0.3, 0.4) is 0 Å². The van der Waals surface area contributed by atoms with Crippen LogP contribution in [0.25, 0.3) is 22.5 Å². The average molecular weight is 405 g/mol. The van der Waals surface area contributed by atoms with Crippen molar-refractivity contribution in [3.05, 3.63) is 47.7 Å². The van der Waals surface area contributed by atoms with E-state index in [-0.39, 0.29) is 0 Å². The van der Waals surface area contributed by atoms with Crippen LogP contribution in [0, 0.1) is 13.8 Å². The average Bonchev–Trinajstić information content (AvgIpc) is 3.13. The summed E-state index contributed by atoms with van der Waals surface area (Å²) in [4.78, 5) is 9.89. The topological polar surface area (TPSA) is 81.8 Å². The minimum absolute atomic E-state index is 0.544. The van der Waals surface area contributed by atoms with Crippen molar-refractivity contribution in [3.63, 3.8) is 0 Å². The molecule has 1 N–H and O–H groups in total. The van der Waals surface area contributed by atoms with Crippen LogP contribution in [0.4, 0.5) is 0 Å². The van der Waals surface area contributed by atoms with Crippen molar-refractivity contribution in [2.45, 2.75) is 18.7 Å². The molecule has 1 heterocycles. The van der Waals surface area contributed by atoms with Crippen LogP contribution in [-0.4, -0.2) is 24.3 Å². The number of methoxy groups -OCH3 is 2. The number of aryl methyl sites for hydroxylation is 1. The van der Waals surface area contributed by atoms with Crippen LogP contribution in [0.1, 0.15) is 11.1 Å². The Labute approximate surface area is 162 Å². The van der Waals surface area contributed by atoms with E-state index in [0.29, 0.717) is 16.4 Å². The highest BCUT2D eigenvalue weighted by Gasteiger charge is 2.17. The maximum Gasteiger partial charge on any atom is 0.248 e. The van der Waals surface area contributed by atoms with Crippen LogP contribution in [0.2, 0.25) is 0 Å². The maximum absolute atomic E-state index is 11.3. The first-order chi connectivity index (χ1) is 12.9. The Balaban J connectivity index is 2.11. The van der Waals surface area contributed by atoms with Gasteiger partial charge in [-0.3, -0.25) is 4.57 Å². The predicted molar refractivity (Wildman–Crippen MR) is 107 cm³/mol. The molecular weight excluding hydrogens is 385 g/mol. The Hall–Kier alpha value is -2.21. The second-order valence-electron chi connectivity index (χ2n) is 5.92. The molecule has 0 bridgehead atoms. The molecule has 0 radical (unpaired) electrons. The molecule has 3 aromatic rings. The van der Waals surface area contributed by atoms with Gasteiger partial charge in [0.1, 0.15) is 11.5 Å². The first kappa shape index (κ1) is 19.5. The molecule has 0 aliphatic heterocycles. The Kier molecular flexibility index (Phi) is 5.95. The summed E-state index contributed by atoms with van der Waals surface area (Å²) in [6.07, 6.45) is 1.63. The number of hydrogen-bond donors (Lipinski definition) is 1. The summed E-state index contributed by atoms with van der Waals surface area (Å²) in [7, 11) is 0.410. The first-order valence-corrected chi connectivity index (χ1v) is 11.0. The van der Waals surface area contributed by atoms with Crippen LogP contribution >= 0.6 is 18.6 Å². The monoisotopic (exact) mass is 405 g/mol. The first-order valence-electron chi connectivity index (χ1n) is 8.14. The summed E-state index contributed by atoms with van der Waals surface area (Å²) in [5.74, 6) is 1.92. The number of benzene rings is 2. The van der Waals surface area contributed by atoms with Crippen molar-refractivity contribution < 1.29 is 23.5 Å². The molecule has 0 spiro atoms. The van der Waals surface area contributed by atoms with Crippen molar-refractivity contribution in [2.24, 2.45) is 0 Å². The van der Waals surface area contributed by atoms with Gasteiger partial charge in [0.15, 0.2) is 5.76 Å². The number of ether oxygens (including phenoxy) is 2. The smallest absolute Gasteiger partial charge is 0.248 e. The van der Waals surface area contributed by atoms with Crippen LogP contribution in [-0.2, 0) is 4.57 Å². The zero-order valence-corrected chi connectivity index (χ0v) is 17.2. The van der Waals surface area contributed by atoms with Gasteiger partial charge < -0.3 is 18.9 Å². The lowest BCUT2D eigenvalue weighted by atomic mass is 9.98. The molecule has 1 aromatic heterocycles. The van der Waals surface area contributed by atoms with Gasteiger partial charge in [0.25, 0.3) is 0 Å². The highest BCUT2D eigenvalue weighted by atomic mass is 32.7. The lowest BCUT2D eigenvalue weighted by Crippen LogP contribution is -1.92. The van der Waals surface area contributed by atoms with Gasteiger partial charge in [-0.2, -0.15) is 0 Å². The summed E-state index contributed by atoms with van der Waals surface area (Å²) < 4.78 is 27.6. The molecule has 142 valence electrons. The fourth-order valence-electron chi connectivity index (χ4n) is 2.84. The Morgan fingerprint density at radius 2 is 1.81 bits per heavy atom. The van der Waals surface area contributed by atoms with Gasteiger partial charge in [0, 0.05) is 11.1 Å². The van der Waals surface area contributed by atoms with Crippen molar-refractivity contribution in [1.29, 1.82) is 0 Å². The lowest BCUT2D eigenvalue weighted by molar-refractivity contribution is 0.405. The van der Waals surface area contributed by atoms with Gasteiger partial charge in [0.05, 0.1) is 25.3 Å². The van der Waals surface area contributed by atoms with Gasteiger partial charge in [-0.15, -0.1) is 0 Å². The van der Waals surface area contributed by atoms with Crippen LogP contribution in [0.5, 0.6) is 11.5 Å². The molecule has 27 heavy (non-hydrogen) atoms. The van der Waals surface area contributed by atoms with E-state index in [2.05, 4.69) is 5.16 Å². The molecule has 6 nitrogen and oxygen atoms in total. The van der Waals surface area contributed by atoms with Gasteiger partial charge in [-0.05, 0) is 66.2 Å². The van der Waals surface area contributed by atoms with Crippen molar-refractivity contribution >= 4 is 18.6 Å². The number of rotatable bonds is 6. The van der Waals surface area contributed by atoms with E-state index < -0.39 is 7.23 Å². The largest absolute Gasteiger partial charge is 0.496 e. The standard InChI is InChI=1S/C19H20NO5PS/c1-11-7-14(8-17(24-4)12(11)2)19-15(10-20-25-19)13-5-6-16(23-3)18(9-13)27-26(21)22/h5-10,26H,1-4H3,(H,21,22). The third kappa shape index (κ3) is 4.05. The quantitative estimate of drug-likeness (QED) is 0.570. The summed E-state index contributed by atoms with van der Waals surface area (Å²) in [6, 6.07) is 9.37. The minimum Gasteiger partial charge on any atom is -0.496 e. The fraction of sp³-hybridized carbons (Fsp3) is 0.211. The third-order valence-electron chi connectivity index (χ3n) is 4.34. The molecule has 0 fully saturated rings. The molecule has 0 amide bonds. The zero-order valence-electron chi connectivity index (χ0n) is 15.4. The van der Waals surface area contributed by atoms with E-state index in [0.717, 1.165) is 44.9 Å². The van der Waals surface area contributed by atoms with Gasteiger partial charge in [0.2, 0.25) is 7.23 Å². The zero-order chi connectivity index (χ0) is 19.6. The van der Waals surface area contributed by atoms with Crippen molar-refractivity contribution in [1.82, 2.24) is 5.16 Å². The second-order valence-corrected chi connectivity index (χ2v) is 8.76. The highest BCUT2D eigenvalue weighted by Crippen LogP contribution is 2.46. The van der Waals surface area contributed by atoms with E-state index in [1.807, 2.05) is 32.0 Å². The number of hydrogen-bond acceptors (Lipinski definition) is 6. The number of nitrogens with zero attached hydrogens (tertiary/aromatic N) is 1. The summed E-state index contributed by atoms with van der Waals surface area (Å²) in [6.45, 7) is 4.02. The Bertz CT molecular complexity index is 1000. The summed E-state index contributed by atoms with van der Waals surface area (Å²) in [5, 5.41) is 3.96. The van der Waals surface area contributed by atoms with Crippen molar-refractivity contribution in [2.75, 3.05) is 14.2 Å². The van der Waals surface area contributed by atoms with Crippen LogP contribution < -0.4 is 9.47 Å². The van der Waals surface area contributed by atoms with E-state index in [9.17, 15) is 9.46 Å². The van der Waals surface area contributed by atoms with E-state index in [4.69, 9.17) is 14.0 Å². The summed E-state index contributed by atoms with van der Waals surface area (Å²) in [5.41, 5.74) is 4.59. The molecule has 1 atom stereocenters. The third-order valence-corrected chi connectivity index (χ3v) is 6.24. The molecular formula is C19H20NO5PS. The molecule has 0 aliphatic rings. The maximum atomic E-state index is 11.3. The Morgan fingerprint density at radius 3 is 2.48 bits per heavy atom. The molecule has 0 saturated carbocycles. The second kappa shape index (κ2) is 8.21. The van der Waals surface area contributed by atoms with Crippen LogP contribution in [0.15, 0.2) is 45.9 Å². The highest BCUT2D eigenvalue weighted by molar-refractivity contribution is 8.50. The van der Waals surface area contributed by atoms with Gasteiger partial charge >= 0.3 is 0 Å². The summed E-state index contributed by atoms with van der Waals surface area (Å²) >= 11 is 0.879. The molecule has 8 heteroatoms.